The summed E-state index contributed by atoms with van der Waals surface area (Å²) in [5.41, 5.74) is 0. The van der Waals surface area contributed by atoms with Gasteiger partial charge in [0.1, 0.15) is 0 Å². The molecule has 2 heteroatoms. The average Bonchev–Trinajstić information content (AvgIpc) is 2.05. The second-order valence-electron chi connectivity index (χ2n) is 3.90. The lowest BCUT2D eigenvalue weighted by atomic mass is 10.1. The minimum Gasteiger partial charge on any atom is -0.162 e. The number of hydrogen-bond donors (Lipinski definition) is 2. The summed E-state index contributed by atoms with van der Waals surface area (Å²) < 4.78 is -0.00958. The van der Waals surface area contributed by atoms with Crippen LogP contribution in [0.4, 0.5) is 0 Å². The Labute approximate surface area is 94.7 Å². The van der Waals surface area contributed by atoms with Crippen molar-refractivity contribution in [2.24, 2.45) is 0 Å². The van der Waals surface area contributed by atoms with Crippen LogP contribution in [0.25, 0.3) is 0 Å². The Kier molecular flexibility index (Phi) is 8.48. The molecule has 0 radical (unpaired) electrons. The lowest BCUT2D eigenvalue weighted by Crippen LogP contribution is -2.12. The molecular formula is C11H24S2. The lowest BCUT2D eigenvalue weighted by molar-refractivity contribution is 0.562. The fourth-order valence-corrected chi connectivity index (χ4v) is 2.07. The minimum absolute atomic E-state index is 0.00958. The fourth-order valence-electron chi connectivity index (χ4n) is 1.44. The maximum atomic E-state index is 4.60. The third-order valence-electron chi connectivity index (χ3n) is 2.36. The molecule has 0 saturated carbocycles. The highest BCUT2D eigenvalue weighted by Crippen LogP contribution is 2.32. The summed E-state index contributed by atoms with van der Waals surface area (Å²) >= 11 is 9.19. The van der Waals surface area contributed by atoms with E-state index in [0.717, 1.165) is 12.8 Å². The molecule has 0 bridgehead atoms. The molecule has 0 aromatic rings. The van der Waals surface area contributed by atoms with Crippen molar-refractivity contribution in [2.45, 2.75) is 69.3 Å². The van der Waals surface area contributed by atoms with E-state index >= 15 is 0 Å². The third-order valence-corrected chi connectivity index (χ3v) is 3.26. The molecule has 0 saturated heterocycles. The van der Waals surface area contributed by atoms with Crippen LogP contribution < -0.4 is 0 Å². The number of rotatable bonds is 8. The van der Waals surface area contributed by atoms with E-state index in [-0.39, 0.29) is 4.08 Å². The van der Waals surface area contributed by atoms with Gasteiger partial charge in [0.15, 0.2) is 0 Å². The zero-order valence-corrected chi connectivity index (χ0v) is 10.8. The van der Waals surface area contributed by atoms with Crippen LogP contribution in [0.1, 0.15) is 65.2 Å². The maximum Gasteiger partial charge on any atom is 0.0552 e. The summed E-state index contributed by atoms with van der Waals surface area (Å²) in [7, 11) is 0. The minimum atomic E-state index is -0.00958. The van der Waals surface area contributed by atoms with Crippen molar-refractivity contribution in [1.29, 1.82) is 0 Å². The van der Waals surface area contributed by atoms with Gasteiger partial charge in [-0.15, -0.1) is 0 Å². The normalized spacial score (nSPS) is 12.0. The van der Waals surface area contributed by atoms with E-state index in [2.05, 4.69) is 39.1 Å². The van der Waals surface area contributed by atoms with E-state index in [0.29, 0.717) is 0 Å². The second-order valence-corrected chi connectivity index (χ2v) is 5.96. The van der Waals surface area contributed by atoms with Gasteiger partial charge < -0.3 is 0 Å². The van der Waals surface area contributed by atoms with Crippen LogP contribution in [0.3, 0.4) is 0 Å². The van der Waals surface area contributed by atoms with Crippen LogP contribution in [-0.2, 0) is 0 Å². The summed E-state index contributed by atoms with van der Waals surface area (Å²) in [4.78, 5) is 0. The first-order valence-corrected chi connectivity index (χ1v) is 6.46. The molecule has 0 aliphatic heterocycles. The van der Waals surface area contributed by atoms with E-state index in [9.17, 15) is 0 Å². The van der Waals surface area contributed by atoms with Crippen molar-refractivity contribution in [3.05, 3.63) is 0 Å². The average molecular weight is 220 g/mol. The zero-order chi connectivity index (χ0) is 10.2. The summed E-state index contributed by atoms with van der Waals surface area (Å²) in [5.74, 6) is 0. The maximum absolute atomic E-state index is 4.60. The zero-order valence-electron chi connectivity index (χ0n) is 9.05. The van der Waals surface area contributed by atoms with Gasteiger partial charge >= 0.3 is 0 Å². The number of hydrogen-bond acceptors (Lipinski definition) is 2. The van der Waals surface area contributed by atoms with Gasteiger partial charge in [-0.2, -0.15) is 25.3 Å². The van der Waals surface area contributed by atoms with Crippen molar-refractivity contribution in [3.63, 3.8) is 0 Å². The molecule has 80 valence electrons. The van der Waals surface area contributed by atoms with E-state index in [1.165, 1.54) is 38.5 Å². The van der Waals surface area contributed by atoms with Crippen molar-refractivity contribution in [2.75, 3.05) is 0 Å². The molecule has 0 N–H and O–H groups in total. The highest BCUT2D eigenvalue weighted by Gasteiger charge is 2.18. The molecule has 0 spiro atoms. The van der Waals surface area contributed by atoms with Gasteiger partial charge in [0.25, 0.3) is 0 Å². The van der Waals surface area contributed by atoms with E-state index in [4.69, 9.17) is 0 Å². The second kappa shape index (κ2) is 8.05. The Balaban J connectivity index is 3.42. The van der Waals surface area contributed by atoms with Crippen molar-refractivity contribution in [3.8, 4) is 0 Å². The van der Waals surface area contributed by atoms with Gasteiger partial charge in [-0.1, -0.05) is 52.4 Å². The Hall–Kier alpha value is 0.700. The first-order valence-electron chi connectivity index (χ1n) is 5.57. The molecule has 0 heterocycles. The number of thiol groups is 2. The van der Waals surface area contributed by atoms with Gasteiger partial charge in [-0.05, 0) is 12.8 Å². The van der Waals surface area contributed by atoms with Crippen molar-refractivity contribution in [1.82, 2.24) is 0 Å². The molecule has 0 rings (SSSR count). The van der Waals surface area contributed by atoms with Crippen LogP contribution in [0.2, 0.25) is 0 Å². The molecule has 0 aliphatic carbocycles. The molecular weight excluding hydrogens is 196 g/mol. The van der Waals surface area contributed by atoms with Gasteiger partial charge in [0, 0.05) is 0 Å². The largest absolute Gasteiger partial charge is 0.162 e. The van der Waals surface area contributed by atoms with Gasteiger partial charge in [0.05, 0.1) is 4.08 Å². The summed E-state index contributed by atoms with van der Waals surface area (Å²) in [6.45, 7) is 4.46. The predicted molar refractivity (Wildman–Crippen MR) is 69.0 cm³/mol. The Bertz CT molecular complexity index is 98.7. The van der Waals surface area contributed by atoms with Crippen LogP contribution >= 0.6 is 25.3 Å². The first-order chi connectivity index (χ1) is 6.12. The van der Waals surface area contributed by atoms with E-state index in [1.54, 1.807) is 0 Å². The molecule has 0 aromatic heterocycles. The number of unbranched alkanes of at least 4 members (excludes halogenated alkanes) is 4. The van der Waals surface area contributed by atoms with E-state index in [1.807, 2.05) is 0 Å². The third kappa shape index (κ3) is 9.01. The standard InChI is InChI=1S/C11H24S2/c1-3-5-7-9-11(12,13)10-8-6-4-2/h12-13H,3-10H2,1-2H3. The molecule has 0 unspecified atom stereocenters. The molecule has 0 fully saturated rings. The predicted octanol–water partition coefficient (Wildman–Crippen LogP) is 4.70. The first kappa shape index (κ1) is 13.7. The molecule has 13 heavy (non-hydrogen) atoms. The quantitative estimate of drug-likeness (QED) is 0.330. The highest BCUT2D eigenvalue weighted by molar-refractivity contribution is 8.00. The Morgan fingerprint density at radius 2 is 1.15 bits per heavy atom. The van der Waals surface area contributed by atoms with Crippen LogP contribution in [0.5, 0.6) is 0 Å². The Morgan fingerprint density at radius 3 is 1.46 bits per heavy atom. The molecule has 0 atom stereocenters. The van der Waals surface area contributed by atoms with Gasteiger partial charge in [-0.25, -0.2) is 0 Å². The smallest absolute Gasteiger partial charge is 0.0552 e. The van der Waals surface area contributed by atoms with Crippen molar-refractivity contribution >= 4 is 25.3 Å². The fraction of sp³-hybridized carbons (Fsp3) is 1.00. The molecule has 0 amide bonds. The van der Waals surface area contributed by atoms with Crippen LogP contribution in [-0.4, -0.2) is 4.08 Å². The summed E-state index contributed by atoms with van der Waals surface area (Å²) in [6, 6.07) is 0. The molecule has 0 aromatic carbocycles. The molecule has 0 nitrogen and oxygen atoms in total. The van der Waals surface area contributed by atoms with Crippen LogP contribution in [0, 0.1) is 0 Å². The monoisotopic (exact) mass is 220 g/mol. The summed E-state index contributed by atoms with van der Waals surface area (Å²) in [5, 5.41) is 0. The Morgan fingerprint density at radius 1 is 0.769 bits per heavy atom. The van der Waals surface area contributed by atoms with Gasteiger partial charge in [-0.3, -0.25) is 0 Å². The topological polar surface area (TPSA) is 0 Å². The lowest BCUT2D eigenvalue weighted by Gasteiger charge is -2.22. The molecule has 0 aliphatic rings. The van der Waals surface area contributed by atoms with Crippen molar-refractivity contribution < 1.29 is 0 Å². The van der Waals surface area contributed by atoms with E-state index < -0.39 is 0 Å². The summed E-state index contributed by atoms with van der Waals surface area (Å²) in [6.07, 6.45) is 10.0. The van der Waals surface area contributed by atoms with Gasteiger partial charge in [0.2, 0.25) is 0 Å². The SMILES string of the molecule is CCCCCC(S)(S)CCCCC. The highest BCUT2D eigenvalue weighted by atomic mass is 32.2. The van der Waals surface area contributed by atoms with Crippen LogP contribution in [0.15, 0.2) is 0 Å².